The van der Waals surface area contributed by atoms with Crippen LogP contribution in [0.15, 0.2) is 18.2 Å². The van der Waals surface area contributed by atoms with Crippen molar-refractivity contribution in [2.75, 3.05) is 25.5 Å². The number of hydrogen-bond acceptors (Lipinski definition) is 5. The van der Waals surface area contributed by atoms with Crippen molar-refractivity contribution in [1.82, 2.24) is 4.90 Å². The number of phenols is 1. The highest BCUT2D eigenvalue weighted by molar-refractivity contribution is 5.99. The second-order valence-corrected chi connectivity index (χ2v) is 5.23. The van der Waals surface area contributed by atoms with E-state index >= 15 is 0 Å². The number of hydrogen-bond donors (Lipinski definition) is 3. The lowest BCUT2D eigenvalue weighted by Crippen LogP contribution is -2.40. The van der Waals surface area contributed by atoms with E-state index in [1.165, 1.54) is 30.2 Å². The SMILES string of the molecule is COC(=O)c1cccc(NC(=O)C2CCN(C(=O)O)CC2)c1O. The van der Waals surface area contributed by atoms with Gasteiger partial charge < -0.3 is 25.2 Å². The number of nitrogens with one attached hydrogen (secondary N) is 1. The number of para-hydroxylation sites is 1. The number of benzene rings is 1. The largest absolute Gasteiger partial charge is 0.505 e. The molecule has 124 valence electrons. The third kappa shape index (κ3) is 3.71. The molecule has 3 N–H and O–H groups in total. The van der Waals surface area contributed by atoms with Gasteiger partial charge in [0.15, 0.2) is 5.75 Å². The van der Waals surface area contributed by atoms with Gasteiger partial charge in [0.2, 0.25) is 5.91 Å². The van der Waals surface area contributed by atoms with Gasteiger partial charge in [0.05, 0.1) is 12.8 Å². The van der Waals surface area contributed by atoms with E-state index in [0.29, 0.717) is 25.9 Å². The summed E-state index contributed by atoms with van der Waals surface area (Å²) in [5, 5.41) is 21.5. The molecule has 0 aliphatic carbocycles. The number of carboxylic acid groups (broad SMARTS) is 1. The third-order valence-electron chi connectivity index (χ3n) is 3.84. The van der Waals surface area contributed by atoms with Gasteiger partial charge in [0.1, 0.15) is 5.56 Å². The summed E-state index contributed by atoms with van der Waals surface area (Å²) in [5.74, 6) is -1.71. The van der Waals surface area contributed by atoms with Crippen molar-refractivity contribution in [3.05, 3.63) is 23.8 Å². The number of rotatable bonds is 3. The Balaban J connectivity index is 2.04. The Morgan fingerprint density at radius 2 is 1.91 bits per heavy atom. The van der Waals surface area contributed by atoms with Crippen LogP contribution in [-0.4, -0.2) is 53.3 Å². The number of carbonyl (C=O) groups excluding carboxylic acids is 2. The number of phenolic OH excluding ortho intramolecular Hbond substituents is 1. The predicted molar refractivity (Wildman–Crippen MR) is 80.4 cm³/mol. The second-order valence-electron chi connectivity index (χ2n) is 5.23. The molecule has 1 aliphatic rings. The zero-order valence-corrected chi connectivity index (χ0v) is 12.6. The van der Waals surface area contributed by atoms with Crippen molar-refractivity contribution in [3.8, 4) is 5.75 Å². The lowest BCUT2D eigenvalue weighted by Gasteiger charge is -2.29. The van der Waals surface area contributed by atoms with Gasteiger partial charge in [-0.15, -0.1) is 0 Å². The first-order chi connectivity index (χ1) is 10.9. The molecule has 2 rings (SSSR count). The van der Waals surface area contributed by atoms with Gasteiger partial charge in [0.25, 0.3) is 0 Å². The van der Waals surface area contributed by atoms with Crippen molar-refractivity contribution in [2.24, 2.45) is 5.92 Å². The minimum atomic E-state index is -0.993. The van der Waals surface area contributed by atoms with Crippen LogP contribution in [0.1, 0.15) is 23.2 Å². The van der Waals surface area contributed by atoms with E-state index in [1.54, 1.807) is 0 Å². The maximum absolute atomic E-state index is 12.2. The lowest BCUT2D eigenvalue weighted by atomic mass is 9.96. The van der Waals surface area contributed by atoms with Crippen molar-refractivity contribution in [3.63, 3.8) is 0 Å². The van der Waals surface area contributed by atoms with E-state index in [-0.39, 0.29) is 28.8 Å². The molecule has 1 aromatic carbocycles. The smallest absolute Gasteiger partial charge is 0.407 e. The van der Waals surface area contributed by atoms with Crippen LogP contribution in [0.2, 0.25) is 0 Å². The topological polar surface area (TPSA) is 116 Å². The quantitative estimate of drug-likeness (QED) is 0.574. The summed E-state index contributed by atoms with van der Waals surface area (Å²) in [5.41, 5.74) is 0.0876. The highest BCUT2D eigenvalue weighted by Gasteiger charge is 2.28. The molecule has 0 unspecified atom stereocenters. The summed E-state index contributed by atoms with van der Waals surface area (Å²) in [7, 11) is 1.20. The Hall–Kier alpha value is -2.77. The number of likely N-dealkylation sites (tertiary alicyclic amines) is 1. The maximum atomic E-state index is 12.2. The van der Waals surface area contributed by atoms with Crippen molar-refractivity contribution < 1.29 is 29.3 Å². The van der Waals surface area contributed by atoms with Gasteiger partial charge in [-0.3, -0.25) is 4.79 Å². The standard InChI is InChI=1S/C15H18N2O6/c1-23-14(20)10-3-2-4-11(12(10)18)16-13(19)9-5-7-17(8-6-9)15(21)22/h2-4,9,18H,5-8H2,1H3,(H,16,19)(H,21,22). The minimum absolute atomic E-state index is 0.0361. The Kier molecular flexibility index (Phi) is 5.05. The predicted octanol–water partition coefficient (Wildman–Crippen LogP) is 1.51. The molecule has 8 nitrogen and oxygen atoms in total. The molecule has 1 heterocycles. The molecule has 0 spiro atoms. The van der Waals surface area contributed by atoms with Crippen LogP contribution in [0.4, 0.5) is 10.5 Å². The average molecular weight is 322 g/mol. The van der Waals surface area contributed by atoms with Gasteiger partial charge in [0, 0.05) is 19.0 Å². The molecule has 1 saturated heterocycles. The molecular weight excluding hydrogens is 304 g/mol. The van der Waals surface area contributed by atoms with Crippen LogP contribution in [0.3, 0.4) is 0 Å². The van der Waals surface area contributed by atoms with Gasteiger partial charge >= 0.3 is 12.1 Å². The summed E-state index contributed by atoms with van der Waals surface area (Å²) in [6.07, 6.45) is -0.169. The average Bonchev–Trinajstić information content (AvgIpc) is 2.56. The molecule has 0 radical (unpaired) electrons. The Morgan fingerprint density at radius 3 is 2.48 bits per heavy atom. The fourth-order valence-corrected chi connectivity index (χ4v) is 2.49. The van der Waals surface area contributed by atoms with Gasteiger partial charge in [-0.2, -0.15) is 0 Å². The molecule has 0 saturated carbocycles. The van der Waals surface area contributed by atoms with Crippen LogP contribution in [0.25, 0.3) is 0 Å². The molecule has 23 heavy (non-hydrogen) atoms. The number of methoxy groups -OCH3 is 1. The molecule has 0 bridgehead atoms. The number of nitrogens with zero attached hydrogens (tertiary/aromatic N) is 1. The Morgan fingerprint density at radius 1 is 1.26 bits per heavy atom. The molecule has 1 fully saturated rings. The van der Waals surface area contributed by atoms with Crippen LogP contribution in [-0.2, 0) is 9.53 Å². The molecule has 1 aromatic rings. The van der Waals surface area contributed by atoms with E-state index in [0.717, 1.165) is 0 Å². The fourth-order valence-electron chi connectivity index (χ4n) is 2.49. The van der Waals surface area contributed by atoms with E-state index in [4.69, 9.17) is 5.11 Å². The second kappa shape index (κ2) is 6.99. The number of aromatic hydroxyl groups is 1. The highest BCUT2D eigenvalue weighted by atomic mass is 16.5. The first-order valence-electron chi connectivity index (χ1n) is 7.13. The molecule has 1 aliphatic heterocycles. The zero-order chi connectivity index (χ0) is 17.0. The summed E-state index contributed by atoms with van der Waals surface area (Å²) in [4.78, 5) is 35.9. The first-order valence-corrected chi connectivity index (χ1v) is 7.13. The molecule has 0 atom stereocenters. The number of piperidine rings is 1. The Bertz CT molecular complexity index is 622. The van der Waals surface area contributed by atoms with Crippen LogP contribution >= 0.6 is 0 Å². The third-order valence-corrected chi connectivity index (χ3v) is 3.84. The minimum Gasteiger partial charge on any atom is -0.505 e. The van der Waals surface area contributed by atoms with Crippen molar-refractivity contribution >= 4 is 23.7 Å². The number of esters is 1. The van der Waals surface area contributed by atoms with Gasteiger partial charge in [-0.25, -0.2) is 9.59 Å². The lowest BCUT2D eigenvalue weighted by molar-refractivity contribution is -0.121. The Labute approximate surface area is 132 Å². The van der Waals surface area contributed by atoms with E-state index in [2.05, 4.69) is 10.1 Å². The maximum Gasteiger partial charge on any atom is 0.407 e. The van der Waals surface area contributed by atoms with Crippen molar-refractivity contribution in [1.29, 1.82) is 0 Å². The summed E-state index contributed by atoms with van der Waals surface area (Å²) in [6, 6.07) is 4.39. The van der Waals surface area contributed by atoms with E-state index < -0.39 is 12.1 Å². The summed E-state index contributed by atoms with van der Waals surface area (Å²) >= 11 is 0. The summed E-state index contributed by atoms with van der Waals surface area (Å²) in [6.45, 7) is 0.587. The molecule has 2 amide bonds. The van der Waals surface area contributed by atoms with Crippen LogP contribution in [0, 0.1) is 5.92 Å². The fraction of sp³-hybridized carbons (Fsp3) is 0.400. The number of anilines is 1. The normalized spacial score (nSPS) is 15.1. The van der Waals surface area contributed by atoms with E-state index in [9.17, 15) is 19.5 Å². The summed E-state index contributed by atoms with van der Waals surface area (Å²) < 4.78 is 4.55. The first kappa shape index (κ1) is 16.6. The van der Waals surface area contributed by atoms with Crippen LogP contribution < -0.4 is 5.32 Å². The zero-order valence-electron chi connectivity index (χ0n) is 12.6. The van der Waals surface area contributed by atoms with E-state index in [1.807, 2.05) is 0 Å². The molecular formula is C15H18N2O6. The monoisotopic (exact) mass is 322 g/mol. The molecule has 0 aromatic heterocycles. The van der Waals surface area contributed by atoms with Crippen LogP contribution in [0.5, 0.6) is 5.75 Å². The number of amides is 2. The van der Waals surface area contributed by atoms with Gasteiger partial charge in [-0.1, -0.05) is 6.07 Å². The molecule has 8 heteroatoms. The van der Waals surface area contributed by atoms with Crippen molar-refractivity contribution in [2.45, 2.75) is 12.8 Å². The number of carbonyl (C=O) groups is 3. The highest BCUT2D eigenvalue weighted by Crippen LogP contribution is 2.29. The number of ether oxygens (including phenoxy) is 1. The van der Waals surface area contributed by atoms with Gasteiger partial charge in [-0.05, 0) is 25.0 Å².